The Balaban J connectivity index is 1.35. The minimum Gasteiger partial charge on any atom is -0.369 e. The average Bonchev–Trinajstić information content (AvgIpc) is 3.40. The lowest BCUT2D eigenvalue weighted by molar-refractivity contribution is -0.215. The Labute approximate surface area is 229 Å². The van der Waals surface area contributed by atoms with E-state index in [0.717, 1.165) is 26.7 Å². The van der Waals surface area contributed by atoms with Gasteiger partial charge in [-0.05, 0) is 36.4 Å². The molecule has 0 saturated heterocycles. The molecule has 2 amide bonds. The van der Waals surface area contributed by atoms with Crippen LogP contribution in [0.1, 0.15) is 98.0 Å². The number of carbonyl (C=O) groups is 2. The first-order chi connectivity index (χ1) is 19.1. The fourth-order valence-electron chi connectivity index (χ4n) is 4.77. The van der Waals surface area contributed by atoms with Crippen LogP contribution < -0.4 is 10.6 Å². The molecule has 3 N–H and O–H groups in total. The van der Waals surface area contributed by atoms with E-state index in [1.165, 1.54) is 23.0 Å². The maximum Gasteiger partial charge on any atom is 0.394 e. The van der Waals surface area contributed by atoms with Crippen LogP contribution in [0.15, 0.2) is 23.1 Å². The molecule has 0 radical (unpaired) electrons. The lowest BCUT2D eigenvalue weighted by Gasteiger charge is -2.34. The second kappa shape index (κ2) is 10.3. The number of aromatic nitrogens is 5. The van der Waals surface area contributed by atoms with Gasteiger partial charge in [0.25, 0.3) is 5.91 Å². The summed E-state index contributed by atoms with van der Waals surface area (Å²) in [7, 11) is 0. The van der Waals surface area contributed by atoms with Gasteiger partial charge in [0.2, 0.25) is 11.8 Å². The van der Waals surface area contributed by atoms with E-state index in [1.54, 1.807) is 0 Å². The lowest BCUT2D eigenvalue weighted by Crippen LogP contribution is -2.39. The number of hydrogen-bond acceptors (Lipinski definition) is 8. The minimum atomic E-state index is -4.59. The number of imidazole rings is 1. The van der Waals surface area contributed by atoms with E-state index in [2.05, 4.69) is 31.0 Å². The molecule has 11 nitrogen and oxygen atoms in total. The molecule has 0 spiro atoms. The van der Waals surface area contributed by atoms with Gasteiger partial charge in [0.1, 0.15) is 5.69 Å². The number of nitrogens with one attached hydrogen (secondary N) is 2. The van der Waals surface area contributed by atoms with E-state index >= 15 is 0 Å². The number of nitrogens with zero attached hydrogens (tertiary/aromatic N) is 5. The number of fused-ring (bicyclic) bond motifs is 1. The van der Waals surface area contributed by atoms with E-state index in [1.807, 2.05) is 0 Å². The molecule has 2 aliphatic carbocycles. The second-order valence-electron chi connectivity index (χ2n) is 11.4. The molecule has 2 fully saturated rings. The summed E-state index contributed by atoms with van der Waals surface area (Å²) in [4.78, 5) is 29.6. The summed E-state index contributed by atoms with van der Waals surface area (Å²) in [5.41, 5.74) is -1.67. The molecule has 0 bridgehead atoms. The highest BCUT2D eigenvalue weighted by Crippen LogP contribution is 2.45. The third kappa shape index (κ3) is 6.31. The van der Waals surface area contributed by atoms with Crippen LogP contribution in [-0.4, -0.2) is 53.9 Å². The Morgan fingerprint density at radius 1 is 1.20 bits per heavy atom. The quantitative estimate of drug-likeness (QED) is 0.239. The number of aliphatic hydroxyl groups is 1. The van der Waals surface area contributed by atoms with Crippen LogP contribution in [-0.2, 0) is 4.79 Å². The van der Waals surface area contributed by atoms with Crippen molar-refractivity contribution in [1.82, 2.24) is 35.5 Å². The summed E-state index contributed by atoms with van der Waals surface area (Å²) >= 11 is 0. The predicted octanol–water partition coefficient (Wildman–Crippen LogP) is 3.98. The Morgan fingerprint density at radius 2 is 1.90 bits per heavy atom. The van der Waals surface area contributed by atoms with Gasteiger partial charge in [0.05, 0.1) is 29.5 Å². The average molecular weight is 586 g/mol. The lowest BCUT2D eigenvalue weighted by atomic mass is 9.79. The van der Waals surface area contributed by atoms with Crippen molar-refractivity contribution in [1.29, 1.82) is 0 Å². The smallest absolute Gasteiger partial charge is 0.369 e. The zero-order valence-corrected chi connectivity index (χ0v) is 22.1. The normalized spacial score (nSPS) is 19.0. The maximum absolute atomic E-state index is 13.8. The van der Waals surface area contributed by atoms with Crippen molar-refractivity contribution in [2.75, 3.05) is 0 Å². The maximum atomic E-state index is 13.8. The summed E-state index contributed by atoms with van der Waals surface area (Å²) < 4.78 is 73.4. The Bertz CT molecular complexity index is 1440. The van der Waals surface area contributed by atoms with Crippen LogP contribution in [0.25, 0.3) is 5.65 Å². The molecular weight excluding hydrogens is 557 g/mol. The van der Waals surface area contributed by atoms with Crippen LogP contribution in [0, 0.1) is 11.3 Å². The number of rotatable bonds is 10. The van der Waals surface area contributed by atoms with Crippen LogP contribution >= 0.6 is 0 Å². The zero-order chi connectivity index (χ0) is 29.7. The molecule has 1 unspecified atom stereocenters. The van der Waals surface area contributed by atoms with Crippen molar-refractivity contribution < 1.29 is 41.3 Å². The van der Waals surface area contributed by atoms with Gasteiger partial charge in [-0.25, -0.2) is 22.9 Å². The number of aliphatic hydroxyl groups excluding tert-OH is 1. The molecule has 0 aromatic carbocycles. The Kier molecular flexibility index (Phi) is 7.24. The molecular formula is C25H28F5N7O4. The Hall–Kier alpha value is -3.69. The number of halogens is 5. The molecule has 5 rings (SSSR count). The number of amides is 2. The fraction of sp³-hybridized carbons (Fsp3) is 0.600. The molecule has 2 saturated carbocycles. The van der Waals surface area contributed by atoms with Gasteiger partial charge >= 0.3 is 6.18 Å². The molecule has 2 aliphatic rings. The summed E-state index contributed by atoms with van der Waals surface area (Å²) in [6, 6.07) is 0.137. The monoisotopic (exact) mass is 585 g/mol. The molecule has 2 atom stereocenters. The van der Waals surface area contributed by atoms with Crippen molar-refractivity contribution in [3.05, 3.63) is 41.1 Å². The highest BCUT2D eigenvalue weighted by Gasteiger charge is 2.49. The second-order valence-corrected chi connectivity index (χ2v) is 11.4. The first-order valence-corrected chi connectivity index (χ1v) is 13.0. The SMILES string of the molecule is CC(C)(CC(NC(=O)c1nonc1C1CC1)c1cn2ncc([C@@H](O)NC(=O)CC3CC(F)(F)C3)cc2n1)C(F)(F)F. The molecule has 16 heteroatoms. The topological polar surface area (TPSA) is 148 Å². The van der Waals surface area contributed by atoms with Crippen LogP contribution in [0.4, 0.5) is 22.0 Å². The summed E-state index contributed by atoms with van der Waals surface area (Å²) in [5, 5.41) is 26.9. The molecule has 222 valence electrons. The minimum absolute atomic E-state index is 0.00598. The van der Waals surface area contributed by atoms with Crippen LogP contribution in [0.2, 0.25) is 0 Å². The van der Waals surface area contributed by atoms with Crippen molar-refractivity contribution in [2.24, 2.45) is 11.3 Å². The van der Waals surface area contributed by atoms with Gasteiger partial charge < -0.3 is 15.7 Å². The summed E-state index contributed by atoms with van der Waals surface area (Å²) in [5.74, 6) is -4.62. The van der Waals surface area contributed by atoms with E-state index in [-0.39, 0.29) is 34.9 Å². The summed E-state index contributed by atoms with van der Waals surface area (Å²) in [6.45, 7) is 2.02. The van der Waals surface area contributed by atoms with Gasteiger partial charge in [0.15, 0.2) is 17.6 Å². The van der Waals surface area contributed by atoms with E-state index in [0.29, 0.717) is 5.69 Å². The van der Waals surface area contributed by atoms with E-state index in [9.17, 15) is 36.6 Å². The number of alkyl halides is 5. The van der Waals surface area contributed by atoms with E-state index in [4.69, 9.17) is 4.63 Å². The molecule has 0 aliphatic heterocycles. The highest BCUT2D eigenvalue weighted by atomic mass is 19.4. The van der Waals surface area contributed by atoms with Crippen LogP contribution in [0.3, 0.4) is 0 Å². The third-order valence-electron chi connectivity index (χ3n) is 7.46. The van der Waals surface area contributed by atoms with Crippen LogP contribution in [0.5, 0.6) is 0 Å². The zero-order valence-electron chi connectivity index (χ0n) is 22.1. The standard InChI is InChI=1S/C25H28F5N7O4/c1-23(2,25(28,29)30)9-15(33-22(40)20-19(13-3-4-13)35-41-36-20)16-11-37-17(32-16)6-14(10-31-37)21(39)34-18(38)5-12-7-24(26,27)8-12/h6,10-13,15,21,39H,3-5,7-9H2,1-2H3,(H,33,40)(H,34,38)/t15?,21-/m1/s1. The predicted molar refractivity (Wildman–Crippen MR) is 129 cm³/mol. The van der Waals surface area contributed by atoms with Crippen molar-refractivity contribution >= 4 is 17.5 Å². The van der Waals surface area contributed by atoms with Gasteiger partial charge in [0, 0.05) is 30.7 Å². The molecule has 3 aromatic rings. The van der Waals surface area contributed by atoms with Gasteiger partial charge in [-0.1, -0.05) is 19.0 Å². The van der Waals surface area contributed by atoms with Gasteiger partial charge in [-0.3, -0.25) is 9.59 Å². The number of hydrogen-bond donors (Lipinski definition) is 3. The molecule has 3 heterocycles. The largest absolute Gasteiger partial charge is 0.394 e. The highest BCUT2D eigenvalue weighted by molar-refractivity contribution is 5.93. The molecule has 3 aromatic heterocycles. The molecule has 41 heavy (non-hydrogen) atoms. The first-order valence-electron chi connectivity index (χ1n) is 13.0. The van der Waals surface area contributed by atoms with Gasteiger partial charge in [-0.15, -0.1) is 0 Å². The van der Waals surface area contributed by atoms with Crippen molar-refractivity contribution in [3.63, 3.8) is 0 Å². The third-order valence-corrected chi connectivity index (χ3v) is 7.46. The Morgan fingerprint density at radius 3 is 2.54 bits per heavy atom. The van der Waals surface area contributed by atoms with E-state index < -0.39 is 66.8 Å². The fourth-order valence-corrected chi connectivity index (χ4v) is 4.77. The first kappa shape index (κ1) is 28.8. The summed E-state index contributed by atoms with van der Waals surface area (Å²) in [6.07, 6.45) is -3.48. The van der Waals surface area contributed by atoms with Crippen molar-refractivity contribution in [2.45, 2.75) is 82.7 Å². The van der Waals surface area contributed by atoms with Crippen molar-refractivity contribution in [3.8, 4) is 0 Å². The number of carbonyl (C=O) groups excluding carboxylic acids is 2. The van der Waals surface area contributed by atoms with Gasteiger partial charge in [-0.2, -0.15) is 18.3 Å².